The van der Waals surface area contributed by atoms with Gasteiger partial charge in [0.15, 0.2) is 5.11 Å². The molecule has 0 aromatic rings. The first-order valence-electron chi connectivity index (χ1n) is 7.04. The van der Waals surface area contributed by atoms with Gasteiger partial charge in [0.25, 0.3) is 5.91 Å². The van der Waals surface area contributed by atoms with Crippen molar-refractivity contribution in [2.75, 3.05) is 32.2 Å². The van der Waals surface area contributed by atoms with Crippen molar-refractivity contribution in [3.05, 3.63) is 0 Å². The molecule has 0 aliphatic carbocycles. The van der Waals surface area contributed by atoms with E-state index in [4.69, 9.17) is 17.0 Å². The Bertz CT molecular complexity index is 425. The molecule has 1 N–H and O–H groups in total. The summed E-state index contributed by atoms with van der Waals surface area (Å²) in [7, 11) is 1.38. The van der Waals surface area contributed by atoms with Crippen molar-refractivity contribution in [2.45, 2.75) is 31.3 Å². The normalized spacial score (nSPS) is 23.4. The molecule has 8 heteroatoms. The van der Waals surface area contributed by atoms with Crippen LogP contribution in [0.15, 0.2) is 0 Å². The number of nitrogens with one attached hydrogen (secondary N) is 1. The van der Waals surface area contributed by atoms with Gasteiger partial charge in [0.2, 0.25) is 0 Å². The first-order chi connectivity index (χ1) is 10.1. The Morgan fingerprint density at radius 3 is 2.71 bits per heavy atom. The van der Waals surface area contributed by atoms with Crippen LogP contribution >= 0.6 is 24.0 Å². The van der Waals surface area contributed by atoms with Crippen LogP contribution in [0.4, 0.5) is 4.79 Å². The number of hydrogen-bond donors (Lipinski definition) is 1. The lowest BCUT2D eigenvalue weighted by molar-refractivity contribution is -0.129. The lowest BCUT2D eigenvalue weighted by Gasteiger charge is -2.35. The highest BCUT2D eigenvalue weighted by molar-refractivity contribution is 7.98. The Hall–Kier alpha value is -1.02. The van der Waals surface area contributed by atoms with Crippen LogP contribution in [-0.4, -0.2) is 71.2 Å². The molecule has 2 amide bonds. The van der Waals surface area contributed by atoms with Crippen molar-refractivity contribution < 1.29 is 14.3 Å². The number of nitrogens with zero attached hydrogens (tertiary/aromatic N) is 2. The van der Waals surface area contributed by atoms with Crippen LogP contribution in [0.1, 0.15) is 19.3 Å². The van der Waals surface area contributed by atoms with Crippen molar-refractivity contribution in [2.24, 2.45) is 0 Å². The summed E-state index contributed by atoms with van der Waals surface area (Å²) in [4.78, 5) is 27.3. The number of likely N-dealkylation sites (tertiary alicyclic amines) is 1. The number of carbonyl (C=O) groups is 2. The Labute approximate surface area is 134 Å². The number of piperidine rings is 1. The number of methoxy groups -OCH3 is 1. The molecule has 2 saturated heterocycles. The van der Waals surface area contributed by atoms with Gasteiger partial charge in [0.1, 0.15) is 6.04 Å². The van der Waals surface area contributed by atoms with Gasteiger partial charge >= 0.3 is 6.09 Å². The van der Waals surface area contributed by atoms with Crippen molar-refractivity contribution in [1.29, 1.82) is 0 Å². The molecule has 2 heterocycles. The quantitative estimate of drug-likeness (QED) is 0.777. The van der Waals surface area contributed by atoms with Crippen LogP contribution in [0, 0.1) is 0 Å². The summed E-state index contributed by atoms with van der Waals surface area (Å²) in [5, 5.41) is 3.65. The summed E-state index contributed by atoms with van der Waals surface area (Å²) in [6.45, 7) is 1.19. The predicted molar refractivity (Wildman–Crippen MR) is 86.4 cm³/mol. The molecular formula is C13H21N3O3S2. The van der Waals surface area contributed by atoms with E-state index >= 15 is 0 Å². The molecule has 2 rings (SSSR count). The van der Waals surface area contributed by atoms with Crippen LogP contribution in [0.25, 0.3) is 0 Å². The third-order valence-electron chi connectivity index (χ3n) is 3.93. The molecule has 0 saturated carbocycles. The van der Waals surface area contributed by atoms with Crippen LogP contribution in [0.5, 0.6) is 0 Å². The maximum absolute atomic E-state index is 12.5. The highest BCUT2D eigenvalue weighted by atomic mass is 32.2. The third kappa shape index (κ3) is 3.60. The largest absolute Gasteiger partial charge is 0.453 e. The zero-order valence-corrected chi connectivity index (χ0v) is 14.0. The fourth-order valence-corrected chi connectivity index (χ4v) is 3.61. The van der Waals surface area contributed by atoms with Gasteiger partial charge in [-0.2, -0.15) is 11.8 Å². The van der Waals surface area contributed by atoms with E-state index in [2.05, 4.69) is 5.32 Å². The van der Waals surface area contributed by atoms with Crippen molar-refractivity contribution in [3.8, 4) is 0 Å². The summed E-state index contributed by atoms with van der Waals surface area (Å²) in [6, 6.07) is -0.110. The molecule has 0 radical (unpaired) electrons. The van der Waals surface area contributed by atoms with Crippen molar-refractivity contribution in [1.82, 2.24) is 15.1 Å². The van der Waals surface area contributed by atoms with Gasteiger partial charge in [-0.3, -0.25) is 9.69 Å². The van der Waals surface area contributed by atoms with Crippen LogP contribution in [-0.2, 0) is 9.53 Å². The second-order valence-electron chi connectivity index (χ2n) is 5.18. The smallest absolute Gasteiger partial charge is 0.409 e. The third-order valence-corrected chi connectivity index (χ3v) is 4.88. The highest BCUT2D eigenvalue weighted by Gasteiger charge is 2.40. The number of ether oxygens (including phenoxy) is 1. The molecule has 1 unspecified atom stereocenters. The maximum atomic E-state index is 12.5. The molecule has 0 bridgehead atoms. The van der Waals surface area contributed by atoms with E-state index in [0.717, 1.165) is 25.0 Å². The minimum Gasteiger partial charge on any atom is -0.453 e. The predicted octanol–water partition coefficient (Wildman–Crippen LogP) is 1.06. The van der Waals surface area contributed by atoms with E-state index in [0.29, 0.717) is 18.2 Å². The number of amides is 2. The van der Waals surface area contributed by atoms with E-state index in [9.17, 15) is 9.59 Å². The van der Waals surface area contributed by atoms with Gasteiger partial charge < -0.3 is 15.0 Å². The number of thiocarbonyl (C=S) groups is 1. The van der Waals surface area contributed by atoms with Gasteiger partial charge in [-0.1, -0.05) is 0 Å². The first kappa shape index (κ1) is 16.4. The molecule has 0 spiro atoms. The number of rotatable bonds is 4. The van der Waals surface area contributed by atoms with Crippen LogP contribution in [0.3, 0.4) is 0 Å². The van der Waals surface area contributed by atoms with Crippen LogP contribution in [0.2, 0.25) is 0 Å². The monoisotopic (exact) mass is 331 g/mol. The second-order valence-corrected chi connectivity index (χ2v) is 6.55. The van der Waals surface area contributed by atoms with Crippen molar-refractivity contribution >= 4 is 41.1 Å². The Morgan fingerprint density at radius 1 is 1.48 bits per heavy atom. The topological polar surface area (TPSA) is 61.9 Å². The summed E-state index contributed by atoms with van der Waals surface area (Å²) in [5.41, 5.74) is 0. The standard InChI is InChI=1S/C13H21N3O3S2/c1-19-13(18)15-6-3-9(4-7-15)16-11(17)10(5-8-21-2)14-12(16)20/h9-10H,3-8H2,1-2H3,(H,14,20). The molecule has 0 aromatic heterocycles. The molecule has 2 aliphatic heterocycles. The molecular weight excluding hydrogens is 310 g/mol. The van der Waals surface area contributed by atoms with Gasteiger partial charge in [-0.05, 0) is 43.5 Å². The molecule has 118 valence electrons. The number of thioether (sulfide) groups is 1. The zero-order chi connectivity index (χ0) is 15.4. The summed E-state index contributed by atoms with van der Waals surface area (Å²) in [5.74, 6) is 1.01. The molecule has 6 nitrogen and oxygen atoms in total. The number of hydrogen-bond acceptors (Lipinski definition) is 5. The molecule has 21 heavy (non-hydrogen) atoms. The minimum atomic E-state index is -0.306. The first-order valence-corrected chi connectivity index (χ1v) is 8.84. The molecule has 1 atom stereocenters. The van der Waals surface area contributed by atoms with E-state index in [1.807, 2.05) is 6.26 Å². The zero-order valence-electron chi connectivity index (χ0n) is 12.3. The van der Waals surface area contributed by atoms with Gasteiger partial charge in [0.05, 0.1) is 7.11 Å². The van der Waals surface area contributed by atoms with Gasteiger partial charge in [0, 0.05) is 19.1 Å². The van der Waals surface area contributed by atoms with E-state index in [-0.39, 0.29) is 24.1 Å². The highest BCUT2D eigenvalue weighted by Crippen LogP contribution is 2.22. The Balaban J connectivity index is 1.92. The van der Waals surface area contributed by atoms with E-state index in [1.54, 1.807) is 21.6 Å². The fraction of sp³-hybridized carbons (Fsp3) is 0.769. The fourth-order valence-electron chi connectivity index (χ4n) is 2.76. The SMILES string of the molecule is COC(=O)N1CCC(N2C(=O)C(CCSC)NC2=S)CC1. The second kappa shape index (κ2) is 7.31. The number of carbonyl (C=O) groups excluding carboxylic acids is 2. The van der Waals surface area contributed by atoms with E-state index in [1.165, 1.54) is 7.11 Å². The minimum absolute atomic E-state index is 0.0746. The van der Waals surface area contributed by atoms with Gasteiger partial charge in [-0.25, -0.2) is 4.79 Å². The average molecular weight is 331 g/mol. The lowest BCUT2D eigenvalue weighted by atomic mass is 10.0. The summed E-state index contributed by atoms with van der Waals surface area (Å²) < 4.78 is 4.72. The summed E-state index contributed by atoms with van der Waals surface area (Å²) in [6.07, 6.45) is 3.98. The lowest BCUT2D eigenvalue weighted by Crippen LogP contribution is -2.49. The van der Waals surface area contributed by atoms with Crippen LogP contribution < -0.4 is 5.32 Å². The Kier molecular flexibility index (Phi) is 5.69. The molecule has 0 aromatic carbocycles. The summed E-state index contributed by atoms with van der Waals surface area (Å²) >= 11 is 7.03. The van der Waals surface area contributed by atoms with Crippen molar-refractivity contribution in [3.63, 3.8) is 0 Å². The van der Waals surface area contributed by atoms with Gasteiger partial charge in [-0.15, -0.1) is 0 Å². The molecule has 2 aliphatic rings. The Morgan fingerprint density at radius 2 is 2.14 bits per heavy atom. The maximum Gasteiger partial charge on any atom is 0.409 e. The van der Waals surface area contributed by atoms with E-state index < -0.39 is 0 Å². The average Bonchev–Trinajstić information content (AvgIpc) is 2.79. The molecule has 2 fully saturated rings.